The topological polar surface area (TPSA) is 21.3 Å². The van der Waals surface area contributed by atoms with E-state index in [2.05, 4.69) is 12.2 Å². The third kappa shape index (κ3) is 5.70. The second-order valence-electron chi connectivity index (χ2n) is 4.33. The van der Waals surface area contributed by atoms with Gasteiger partial charge in [-0.3, -0.25) is 0 Å². The molecular formula is C11H20F3NO. The maximum atomic E-state index is 11.8. The van der Waals surface area contributed by atoms with E-state index in [1.54, 1.807) is 0 Å². The summed E-state index contributed by atoms with van der Waals surface area (Å²) in [6.07, 6.45) is -1.56. The molecule has 1 aliphatic rings. The Morgan fingerprint density at radius 3 is 2.56 bits per heavy atom. The summed E-state index contributed by atoms with van der Waals surface area (Å²) in [5.41, 5.74) is 0. The van der Waals surface area contributed by atoms with Crippen molar-refractivity contribution in [1.82, 2.24) is 5.32 Å². The molecule has 0 aromatic carbocycles. The summed E-state index contributed by atoms with van der Waals surface area (Å²) >= 11 is 0. The van der Waals surface area contributed by atoms with Crippen LogP contribution in [0.15, 0.2) is 0 Å². The highest BCUT2D eigenvalue weighted by atomic mass is 19.4. The smallest absolute Gasteiger partial charge is 0.378 e. The molecule has 1 aliphatic carbocycles. The quantitative estimate of drug-likeness (QED) is 0.690. The van der Waals surface area contributed by atoms with Gasteiger partial charge in [-0.05, 0) is 32.2 Å². The Kier molecular flexibility index (Phi) is 5.55. The molecule has 0 aromatic rings. The SMILES string of the molecule is CCCNC1CC(OCCCC(F)(F)F)C1. The molecule has 0 aliphatic heterocycles. The van der Waals surface area contributed by atoms with Crippen molar-refractivity contribution in [3.05, 3.63) is 0 Å². The van der Waals surface area contributed by atoms with Crippen molar-refractivity contribution in [3.63, 3.8) is 0 Å². The van der Waals surface area contributed by atoms with Crippen LogP contribution < -0.4 is 5.32 Å². The van der Waals surface area contributed by atoms with Crippen LogP contribution in [-0.4, -0.2) is 31.5 Å². The molecule has 0 saturated heterocycles. The molecule has 96 valence electrons. The highest BCUT2D eigenvalue weighted by molar-refractivity contribution is 4.85. The van der Waals surface area contributed by atoms with Crippen molar-refractivity contribution in [2.24, 2.45) is 0 Å². The average molecular weight is 239 g/mol. The lowest BCUT2D eigenvalue weighted by Crippen LogP contribution is -2.45. The van der Waals surface area contributed by atoms with Crippen molar-refractivity contribution in [2.75, 3.05) is 13.2 Å². The highest BCUT2D eigenvalue weighted by Crippen LogP contribution is 2.25. The van der Waals surface area contributed by atoms with E-state index in [0.717, 1.165) is 25.8 Å². The van der Waals surface area contributed by atoms with Crippen LogP contribution in [0.1, 0.15) is 39.0 Å². The van der Waals surface area contributed by atoms with Gasteiger partial charge in [0.1, 0.15) is 0 Å². The Hall–Kier alpha value is -0.290. The zero-order valence-electron chi connectivity index (χ0n) is 9.65. The van der Waals surface area contributed by atoms with Gasteiger partial charge in [-0.1, -0.05) is 6.92 Å². The molecule has 0 aromatic heterocycles. The first-order chi connectivity index (χ1) is 7.51. The van der Waals surface area contributed by atoms with E-state index in [1.807, 2.05) is 0 Å². The third-order valence-electron chi connectivity index (χ3n) is 2.74. The Morgan fingerprint density at radius 2 is 2.00 bits per heavy atom. The molecule has 16 heavy (non-hydrogen) atoms. The summed E-state index contributed by atoms with van der Waals surface area (Å²) in [6, 6.07) is 0.507. The van der Waals surface area contributed by atoms with Gasteiger partial charge in [0.2, 0.25) is 0 Å². The van der Waals surface area contributed by atoms with Crippen LogP contribution in [0.25, 0.3) is 0 Å². The fourth-order valence-corrected chi connectivity index (χ4v) is 1.74. The molecular weight excluding hydrogens is 219 g/mol. The molecule has 0 heterocycles. The van der Waals surface area contributed by atoms with Crippen LogP contribution in [0.5, 0.6) is 0 Å². The number of hydrogen-bond acceptors (Lipinski definition) is 2. The predicted molar refractivity (Wildman–Crippen MR) is 56.3 cm³/mol. The second-order valence-corrected chi connectivity index (χ2v) is 4.33. The van der Waals surface area contributed by atoms with Gasteiger partial charge in [0.05, 0.1) is 6.10 Å². The van der Waals surface area contributed by atoms with E-state index in [4.69, 9.17) is 4.74 Å². The highest BCUT2D eigenvalue weighted by Gasteiger charge is 2.30. The van der Waals surface area contributed by atoms with Crippen molar-refractivity contribution >= 4 is 0 Å². The minimum atomic E-state index is -4.05. The fraction of sp³-hybridized carbons (Fsp3) is 1.00. The van der Waals surface area contributed by atoms with Gasteiger partial charge in [-0.25, -0.2) is 0 Å². The summed E-state index contributed by atoms with van der Waals surface area (Å²) in [5.74, 6) is 0. The maximum absolute atomic E-state index is 11.8. The third-order valence-corrected chi connectivity index (χ3v) is 2.74. The standard InChI is InChI=1S/C11H20F3NO/c1-2-5-15-9-7-10(8-9)16-6-3-4-11(12,13)14/h9-10,15H,2-8H2,1H3. The van der Waals surface area contributed by atoms with E-state index in [-0.39, 0.29) is 19.1 Å². The number of rotatable bonds is 7. The van der Waals surface area contributed by atoms with Crippen LogP contribution >= 0.6 is 0 Å². The average Bonchev–Trinajstić information content (AvgIpc) is 2.11. The van der Waals surface area contributed by atoms with Gasteiger partial charge in [-0.15, -0.1) is 0 Å². The van der Waals surface area contributed by atoms with Crippen LogP contribution in [0.4, 0.5) is 13.2 Å². The zero-order chi connectivity index (χ0) is 12.0. The van der Waals surface area contributed by atoms with Crippen LogP contribution in [0.3, 0.4) is 0 Å². The first-order valence-electron chi connectivity index (χ1n) is 5.93. The van der Waals surface area contributed by atoms with Crippen molar-refractivity contribution < 1.29 is 17.9 Å². The Morgan fingerprint density at radius 1 is 1.31 bits per heavy atom. The summed E-state index contributed by atoms with van der Waals surface area (Å²) in [7, 11) is 0. The first-order valence-corrected chi connectivity index (χ1v) is 5.93. The molecule has 1 saturated carbocycles. The Bertz CT molecular complexity index is 190. The Labute approximate surface area is 94.5 Å². The van der Waals surface area contributed by atoms with Crippen LogP contribution in [0, 0.1) is 0 Å². The predicted octanol–water partition coefficient (Wildman–Crippen LogP) is 2.88. The molecule has 1 fully saturated rings. The molecule has 0 unspecified atom stereocenters. The number of nitrogens with one attached hydrogen (secondary N) is 1. The summed E-state index contributed by atoms with van der Waals surface area (Å²) in [4.78, 5) is 0. The van der Waals surface area contributed by atoms with E-state index in [1.165, 1.54) is 0 Å². The van der Waals surface area contributed by atoms with Crippen molar-refractivity contribution in [1.29, 1.82) is 0 Å². The second kappa shape index (κ2) is 6.45. The molecule has 5 heteroatoms. The van der Waals surface area contributed by atoms with Gasteiger partial charge in [0.15, 0.2) is 0 Å². The summed E-state index contributed by atoms with van der Waals surface area (Å²) in [5, 5.41) is 3.35. The normalized spacial score (nSPS) is 25.5. The molecule has 0 atom stereocenters. The largest absolute Gasteiger partial charge is 0.389 e. The Balaban J connectivity index is 1.90. The van der Waals surface area contributed by atoms with Crippen LogP contribution in [0.2, 0.25) is 0 Å². The van der Waals surface area contributed by atoms with E-state index in [0.29, 0.717) is 6.04 Å². The number of hydrogen-bond donors (Lipinski definition) is 1. The number of halogens is 3. The lowest BCUT2D eigenvalue weighted by Gasteiger charge is -2.35. The summed E-state index contributed by atoms with van der Waals surface area (Å²) in [6.45, 7) is 3.34. The molecule has 0 amide bonds. The monoisotopic (exact) mass is 239 g/mol. The lowest BCUT2D eigenvalue weighted by molar-refractivity contribution is -0.140. The molecule has 1 rings (SSSR count). The lowest BCUT2D eigenvalue weighted by atomic mass is 9.89. The van der Waals surface area contributed by atoms with Crippen molar-refractivity contribution in [2.45, 2.75) is 57.3 Å². The van der Waals surface area contributed by atoms with E-state index < -0.39 is 12.6 Å². The molecule has 0 spiro atoms. The van der Waals surface area contributed by atoms with Crippen molar-refractivity contribution in [3.8, 4) is 0 Å². The minimum Gasteiger partial charge on any atom is -0.378 e. The number of ether oxygens (including phenoxy) is 1. The maximum Gasteiger partial charge on any atom is 0.389 e. The van der Waals surface area contributed by atoms with E-state index >= 15 is 0 Å². The van der Waals surface area contributed by atoms with Gasteiger partial charge in [-0.2, -0.15) is 13.2 Å². The van der Waals surface area contributed by atoms with Gasteiger partial charge < -0.3 is 10.1 Å². The van der Waals surface area contributed by atoms with E-state index in [9.17, 15) is 13.2 Å². The van der Waals surface area contributed by atoms with Gasteiger partial charge >= 0.3 is 6.18 Å². The zero-order valence-corrected chi connectivity index (χ0v) is 9.65. The molecule has 0 bridgehead atoms. The van der Waals surface area contributed by atoms with Gasteiger partial charge in [0, 0.05) is 19.1 Å². The van der Waals surface area contributed by atoms with Gasteiger partial charge in [0.25, 0.3) is 0 Å². The minimum absolute atomic E-state index is 0.0764. The first kappa shape index (κ1) is 13.8. The van der Waals surface area contributed by atoms with Crippen LogP contribution in [-0.2, 0) is 4.74 Å². The molecule has 2 nitrogen and oxygen atoms in total. The molecule has 1 N–H and O–H groups in total. The summed E-state index contributed by atoms with van der Waals surface area (Å²) < 4.78 is 40.8. The fourth-order valence-electron chi connectivity index (χ4n) is 1.74. The number of alkyl halides is 3. The molecule has 0 radical (unpaired) electrons.